The van der Waals surface area contributed by atoms with Crippen LogP contribution in [0.5, 0.6) is 0 Å². The maximum atomic E-state index is 13.4. The zero-order valence-electron chi connectivity index (χ0n) is 10.4. The van der Waals surface area contributed by atoms with Gasteiger partial charge in [-0.15, -0.1) is 0 Å². The highest BCUT2D eigenvalue weighted by molar-refractivity contribution is 6.10. The Morgan fingerprint density at radius 1 is 0.952 bits per heavy atom. The van der Waals surface area contributed by atoms with Gasteiger partial charge in [0, 0.05) is 12.1 Å². The van der Waals surface area contributed by atoms with Gasteiger partial charge in [-0.3, -0.25) is 4.79 Å². The van der Waals surface area contributed by atoms with Crippen LogP contribution < -0.4 is 5.32 Å². The van der Waals surface area contributed by atoms with E-state index in [1.807, 2.05) is 5.32 Å². The van der Waals surface area contributed by atoms with E-state index in [1.165, 1.54) is 24.3 Å². The monoisotopic (exact) mass is 295 g/mol. The van der Waals surface area contributed by atoms with Crippen LogP contribution in [-0.2, 0) is 0 Å². The first-order valence-corrected chi connectivity index (χ1v) is 5.68. The number of carbonyl (C=O) groups excluding carboxylic acids is 1. The standard InChI is InChI=1S/C14H8F3NO3/c15-7-5-10(16)12(11(17)6-7)18-13(19)8-3-1-2-4-9(8)14(20)21/h1-6H,(H,18,19)(H,20,21). The topological polar surface area (TPSA) is 66.4 Å². The molecule has 0 aromatic heterocycles. The molecule has 0 saturated carbocycles. The van der Waals surface area contributed by atoms with Crippen molar-refractivity contribution in [2.45, 2.75) is 0 Å². The maximum absolute atomic E-state index is 13.4. The minimum Gasteiger partial charge on any atom is -0.478 e. The third kappa shape index (κ3) is 3.02. The molecule has 21 heavy (non-hydrogen) atoms. The van der Waals surface area contributed by atoms with Gasteiger partial charge in [0.1, 0.15) is 11.5 Å². The van der Waals surface area contributed by atoms with Crippen molar-refractivity contribution in [1.29, 1.82) is 0 Å². The fourth-order valence-corrected chi connectivity index (χ4v) is 1.71. The molecule has 0 bridgehead atoms. The lowest BCUT2D eigenvalue weighted by atomic mass is 10.1. The number of carboxylic acid groups (broad SMARTS) is 1. The number of carbonyl (C=O) groups is 2. The highest BCUT2D eigenvalue weighted by Gasteiger charge is 2.19. The van der Waals surface area contributed by atoms with Gasteiger partial charge in [-0.05, 0) is 12.1 Å². The lowest BCUT2D eigenvalue weighted by Gasteiger charge is -2.09. The number of carboxylic acids is 1. The molecule has 0 aliphatic rings. The van der Waals surface area contributed by atoms with Crippen molar-refractivity contribution in [3.05, 3.63) is 65.0 Å². The summed E-state index contributed by atoms with van der Waals surface area (Å²) >= 11 is 0. The van der Waals surface area contributed by atoms with Crippen LogP contribution in [0.2, 0.25) is 0 Å². The molecular formula is C14H8F3NO3. The maximum Gasteiger partial charge on any atom is 0.336 e. The molecule has 4 nitrogen and oxygen atoms in total. The smallest absolute Gasteiger partial charge is 0.336 e. The predicted molar refractivity (Wildman–Crippen MR) is 67.7 cm³/mol. The molecule has 0 unspecified atom stereocenters. The second-order valence-electron chi connectivity index (χ2n) is 4.05. The Balaban J connectivity index is 2.38. The number of benzene rings is 2. The van der Waals surface area contributed by atoms with Crippen LogP contribution in [0.1, 0.15) is 20.7 Å². The van der Waals surface area contributed by atoms with E-state index < -0.39 is 35.0 Å². The molecule has 0 aliphatic heterocycles. The van der Waals surface area contributed by atoms with Gasteiger partial charge in [0.25, 0.3) is 5.91 Å². The van der Waals surface area contributed by atoms with Gasteiger partial charge in [-0.25, -0.2) is 18.0 Å². The molecule has 7 heteroatoms. The number of nitrogens with one attached hydrogen (secondary N) is 1. The van der Waals surface area contributed by atoms with Crippen molar-refractivity contribution >= 4 is 17.6 Å². The summed E-state index contributed by atoms with van der Waals surface area (Å²) in [6.07, 6.45) is 0. The normalized spacial score (nSPS) is 10.2. The van der Waals surface area contributed by atoms with Crippen molar-refractivity contribution in [2.24, 2.45) is 0 Å². The molecular weight excluding hydrogens is 287 g/mol. The number of amides is 1. The Bertz CT molecular complexity index is 708. The third-order valence-electron chi connectivity index (χ3n) is 2.65. The Morgan fingerprint density at radius 3 is 2.00 bits per heavy atom. The summed E-state index contributed by atoms with van der Waals surface area (Å²) in [4.78, 5) is 22.9. The van der Waals surface area contributed by atoms with Crippen molar-refractivity contribution in [3.8, 4) is 0 Å². The largest absolute Gasteiger partial charge is 0.478 e. The molecule has 0 saturated heterocycles. The first kappa shape index (κ1) is 14.6. The number of aromatic carboxylic acids is 1. The average molecular weight is 295 g/mol. The molecule has 0 heterocycles. The summed E-state index contributed by atoms with van der Waals surface area (Å²) in [5.74, 6) is -6.10. The van der Waals surface area contributed by atoms with E-state index >= 15 is 0 Å². The van der Waals surface area contributed by atoms with Crippen molar-refractivity contribution in [3.63, 3.8) is 0 Å². The molecule has 108 valence electrons. The average Bonchev–Trinajstić information content (AvgIpc) is 2.42. The summed E-state index contributed by atoms with van der Waals surface area (Å²) < 4.78 is 39.6. The van der Waals surface area contributed by atoms with E-state index in [0.717, 1.165) is 0 Å². The van der Waals surface area contributed by atoms with Gasteiger partial charge in [0.2, 0.25) is 0 Å². The fraction of sp³-hybridized carbons (Fsp3) is 0. The van der Waals surface area contributed by atoms with E-state index in [1.54, 1.807) is 0 Å². The Kier molecular flexibility index (Phi) is 3.93. The minimum atomic E-state index is -1.36. The second-order valence-corrected chi connectivity index (χ2v) is 4.05. The number of anilines is 1. The Morgan fingerprint density at radius 2 is 1.48 bits per heavy atom. The predicted octanol–water partition coefficient (Wildman–Crippen LogP) is 3.05. The van der Waals surface area contributed by atoms with Crippen LogP contribution in [0.25, 0.3) is 0 Å². The highest BCUT2D eigenvalue weighted by atomic mass is 19.1. The zero-order valence-corrected chi connectivity index (χ0v) is 10.4. The summed E-state index contributed by atoms with van der Waals surface area (Å²) in [6.45, 7) is 0. The molecule has 0 atom stereocenters. The SMILES string of the molecule is O=C(O)c1ccccc1C(=O)Nc1c(F)cc(F)cc1F. The van der Waals surface area contributed by atoms with Crippen LogP contribution in [0.3, 0.4) is 0 Å². The molecule has 0 aliphatic carbocycles. The van der Waals surface area contributed by atoms with E-state index in [9.17, 15) is 22.8 Å². The second kappa shape index (κ2) is 5.66. The van der Waals surface area contributed by atoms with E-state index in [2.05, 4.69) is 0 Å². The molecule has 0 fully saturated rings. The summed E-state index contributed by atoms with van der Waals surface area (Å²) in [7, 11) is 0. The summed E-state index contributed by atoms with van der Waals surface area (Å²) in [5.41, 5.74) is -1.44. The van der Waals surface area contributed by atoms with E-state index in [4.69, 9.17) is 5.11 Å². The van der Waals surface area contributed by atoms with Gasteiger partial charge in [0.15, 0.2) is 11.6 Å². The zero-order chi connectivity index (χ0) is 15.6. The third-order valence-corrected chi connectivity index (χ3v) is 2.65. The van der Waals surface area contributed by atoms with Crippen molar-refractivity contribution in [1.82, 2.24) is 0 Å². The molecule has 2 N–H and O–H groups in total. The lowest BCUT2D eigenvalue weighted by Crippen LogP contribution is -2.18. The minimum absolute atomic E-state index is 0.270. The van der Waals surface area contributed by atoms with Gasteiger partial charge < -0.3 is 10.4 Å². The van der Waals surface area contributed by atoms with Gasteiger partial charge in [-0.2, -0.15) is 0 Å². The quantitative estimate of drug-likeness (QED) is 0.914. The van der Waals surface area contributed by atoms with Gasteiger partial charge >= 0.3 is 5.97 Å². The molecule has 1 amide bonds. The molecule has 2 aromatic carbocycles. The fourth-order valence-electron chi connectivity index (χ4n) is 1.71. The Labute approximate surface area is 116 Å². The van der Waals surface area contributed by atoms with E-state index in [0.29, 0.717) is 12.1 Å². The molecule has 0 spiro atoms. The van der Waals surface area contributed by atoms with Crippen LogP contribution in [0.4, 0.5) is 18.9 Å². The number of hydrogen-bond acceptors (Lipinski definition) is 2. The first-order chi connectivity index (χ1) is 9.90. The van der Waals surface area contributed by atoms with Crippen LogP contribution in [0.15, 0.2) is 36.4 Å². The number of hydrogen-bond donors (Lipinski definition) is 2. The van der Waals surface area contributed by atoms with E-state index in [-0.39, 0.29) is 11.1 Å². The summed E-state index contributed by atoms with van der Waals surface area (Å²) in [6, 6.07) is 5.98. The summed E-state index contributed by atoms with van der Waals surface area (Å²) in [5, 5.41) is 10.8. The molecule has 2 aromatic rings. The van der Waals surface area contributed by atoms with Crippen molar-refractivity contribution < 1.29 is 27.9 Å². The Hall–Kier alpha value is -2.83. The van der Waals surface area contributed by atoms with Crippen molar-refractivity contribution in [2.75, 3.05) is 5.32 Å². The van der Waals surface area contributed by atoms with Gasteiger partial charge in [-0.1, -0.05) is 12.1 Å². The van der Waals surface area contributed by atoms with Crippen LogP contribution in [-0.4, -0.2) is 17.0 Å². The lowest BCUT2D eigenvalue weighted by molar-refractivity contribution is 0.0692. The van der Waals surface area contributed by atoms with Gasteiger partial charge in [0.05, 0.1) is 11.1 Å². The van der Waals surface area contributed by atoms with Crippen LogP contribution in [0, 0.1) is 17.5 Å². The first-order valence-electron chi connectivity index (χ1n) is 5.68. The highest BCUT2D eigenvalue weighted by Crippen LogP contribution is 2.21. The number of rotatable bonds is 3. The molecule has 0 radical (unpaired) electrons. The molecule has 2 rings (SSSR count). The number of halogens is 3. The van der Waals surface area contributed by atoms with Crippen LogP contribution >= 0.6 is 0 Å².